The molecule has 0 atom stereocenters. The minimum absolute atomic E-state index is 0.120. The highest BCUT2D eigenvalue weighted by Gasteiger charge is 2.15. The summed E-state index contributed by atoms with van der Waals surface area (Å²) in [6, 6.07) is 6.33. The Labute approximate surface area is 111 Å². The van der Waals surface area contributed by atoms with Gasteiger partial charge in [0.15, 0.2) is 0 Å². The van der Waals surface area contributed by atoms with Crippen molar-refractivity contribution in [3.8, 4) is 0 Å². The predicted octanol–water partition coefficient (Wildman–Crippen LogP) is 0.927. The van der Waals surface area contributed by atoms with Gasteiger partial charge >= 0.3 is 12.0 Å². The highest BCUT2D eigenvalue weighted by atomic mass is 16.5. The molecule has 1 saturated heterocycles. The van der Waals surface area contributed by atoms with E-state index in [4.69, 9.17) is 9.84 Å². The number of carbonyl (C=O) groups is 2. The van der Waals surface area contributed by atoms with E-state index in [1.807, 2.05) is 0 Å². The number of benzene rings is 1. The Balaban J connectivity index is 1.84. The van der Waals surface area contributed by atoms with Gasteiger partial charge in [-0.25, -0.2) is 9.59 Å². The zero-order valence-corrected chi connectivity index (χ0v) is 10.5. The van der Waals surface area contributed by atoms with Crippen molar-refractivity contribution in [3.05, 3.63) is 35.4 Å². The average molecular weight is 264 g/mol. The highest BCUT2D eigenvalue weighted by molar-refractivity contribution is 5.87. The maximum absolute atomic E-state index is 11.8. The summed E-state index contributed by atoms with van der Waals surface area (Å²) < 4.78 is 5.17. The lowest BCUT2D eigenvalue weighted by Gasteiger charge is -2.26. The van der Waals surface area contributed by atoms with Gasteiger partial charge < -0.3 is 20.1 Å². The summed E-state index contributed by atoms with van der Waals surface area (Å²) >= 11 is 0. The number of nitrogens with zero attached hydrogens (tertiary/aromatic N) is 1. The van der Waals surface area contributed by atoms with Crippen LogP contribution >= 0.6 is 0 Å². The quantitative estimate of drug-likeness (QED) is 0.851. The van der Waals surface area contributed by atoms with Gasteiger partial charge in [0.1, 0.15) is 0 Å². The van der Waals surface area contributed by atoms with Crippen LogP contribution in [-0.4, -0.2) is 48.3 Å². The molecule has 1 heterocycles. The number of ether oxygens (including phenoxy) is 1. The molecule has 0 radical (unpaired) electrons. The van der Waals surface area contributed by atoms with Crippen LogP contribution < -0.4 is 5.32 Å². The van der Waals surface area contributed by atoms with E-state index in [0.717, 1.165) is 5.56 Å². The fraction of sp³-hybridized carbons (Fsp3) is 0.385. The molecule has 2 rings (SSSR count). The summed E-state index contributed by atoms with van der Waals surface area (Å²) in [5.41, 5.74) is 1.11. The summed E-state index contributed by atoms with van der Waals surface area (Å²) in [5, 5.41) is 11.6. The lowest BCUT2D eigenvalue weighted by atomic mass is 10.1. The Bertz CT molecular complexity index is 452. The number of rotatable bonds is 3. The third-order valence-corrected chi connectivity index (χ3v) is 2.94. The second-order valence-electron chi connectivity index (χ2n) is 4.26. The van der Waals surface area contributed by atoms with Crippen molar-refractivity contribution in [2.75, 3.05) is 26.3 Å². The zero-order valence-electron chi connectivity index (χ0n) is 10.5. The number of carboxylic acids is 1. The minimum Gasteiger partial charge on any atom is -0.478 e. The Hall–Kier alpha value is -2.08. The van der Waals surface area contributed by atoms with Crippen LogP contribution in [0.1, 0.15) is 15.9 Å². The van der Waals surface area contributed by atoms with Crippen molar-refractivity contribution < 1.29 is 19.4 Å². The van der Waals surface area contributed by atoms with Gasteiger partial charge in [0, 0.05) is 19.6 Å². The second kappa shape index (κ2) is 6.19. The van der Waals surface area contributed by atoms with Crippen molar-refractivity contribution in [1.82, 2.24) is 10.2 Å². The molecule has 19 heavy (non-hydrogen) atoms. The van der Waals surface area contributed by atoms with E-state index in [1.54, 1.807) is 17.0 Å². The number of hydrogen-bond donors (Lipinski definition) is 2. The third-order valence-electron chi connectivity index (χ3n) is 2.94. The fourth-order valence-electron chi connectivity index (χ4n) is 1.82. The van der Waals surface area contributed by atoms with Crippen LogP contribution in [0.15, 0.2) is 24.3 Å². The molecule has 0 aliphatic carbocycles. The number of morpholine rings is 1. The lowest BCUT2D eigenvalue weighted by molar-refractivity contribution is 0.0531. The molecule has 1 aliphatic heterocycles. The van der Waals surface area contributed by atoms with Gasteiger partial charge in [-0.1, -0.05) is 12.1 Å². The van der Waals surface area contributed by atoms with E-state index in [9.17, 15) is 9.59 Å². The Morgan fingerprint density at radius 3 is 2.42 bits per heavy atom. The molecule has 1 aromatic rings. The van der Waals surface area contributed by atoms with Gasteiger partial charge in [-0.05, 0) is 17.7 Å². The maximum Gasteiger partial charge on any atom is 0.335 e. The average Bonchev–Trinajstić information content (AvgIpc) is 2.46. The Morgan fingerprint density at radius 2 is 1.84 bits per heavy atom. The fourth-order valence-corrected chi connectivity index (χ4v) is 1.82. The van der Waals surface area contributed by atoms with Crippen LogP contribution in [0.25, 0.3) is 0 Å². The Kier molecular flexibility index (Phi) is 4.35. The topological polar surface area (TPSA) is 78.9 Å². The monoisotopic (exact) mass is 264 g/mol. The zero-order chi connectivity index (χ0) is 13.7. The lowest BCUT2D eigenvalue weighted by Crippen LogP contribution is -2.45. The van der Waals surface area contributed by atoms with Crippen LogP contribution in [0, 0.1) is 0 Å². The van der Waals surface area contributed by atoms with E-state index in [2.05, 4.69) is 5.32 Å². The Morgan fingerprint density at radius 1 is 1.21 bits per heavy atom. The minimum atomic E-state index is -0.955. The summed E-state index contributed by atoms with van der Waals surface area (Å²) in [4.78, 5) is 24.2. The number of nitrogens with one attached hydrogen (secondary N) is 1. The molecule has 1 aliphatic rings. The van der Waals surface area contributed by atoms with Crippen LogP contribution in [0.2, 0.25) is 0 Å². The van der Waals surface area contributed by atoms with Crippen LogP contribution in [0.4, 0.5) is 4.79 Å². The molecule has 1 fully saturated rings. The van der Waals surface area contributed by atoms with Crippen molar-refractivity contribution >= 4 is 12.0 Å². The van der Waals surface area contributed by atoms with Crippen molar-refractivity contribution in [3.63, 3.8) is 0 Å². The van der Waals surface area contributed by atoms with Crippen molar-refractivity contribution in [1.29, 1.82) is 0 Å². The first kappa shape index (κ1) is 13.4. The second-order valence-corrected chi connectivity index (χ2v) is 4.26. The molecule has 2 N–H and O–H groups in total. The maximum atomic E-state index is 11.8. The molecule has 0 unspecified atom stereocenters. The van der Waals surface area contributed by atoms with E-state index < -0.39 is 5.97 Å². The van der Waals surface area contributed by atoms with Gasteiger partial charge in [-0.3, -0.25) is 0 Å². The first-order valence-electron chi connectivity index (χ1n) is 6.09. The first-order chi connectivity index (χ1) is 9.16. The molecule has 102 valence electrons. The number of hydrogen-bond acceptors (Lipinski definition) is 3. The largest absolute Gasteiger partial charge is 0.478 e. The van der Waals surface area contributed by atoms with Crippen LogP contribution in [0.3, 0.4) is 0 Å². The van der Waals surface area contributed by atoms with Crippen LogP contribution in [-0.2, 0) is 11.3 Å². The van der Waals surface area contributed by atoms with Crippen LogP contribution in [0.5, 0.6) is 0 Å². The summed E-state index contributed by atoms with van der Waals surface area (Å²) in [7, 11) is 0. The standard InChI is InChI=1S/C13H16N2O4/c16-12(17)11-3-1-10(2-4-11)9-14-13(18)15-5-7-19-8-6-15/h1-4H,5-9H2,(H,14,18)(H,16,17). The highest BCUT2D eigenvalue weighted by Crippen LogP contribution is 2.05. The van der Waals surface area contributed by atoms with Crippen molar-refractivity contribution in [2.24, 2.45) is 0 Å². The molecular formula is C13H16N2O4. The summed E-state index contributed by atoms with van der Waals surface area (Å²) in [6.45, 7) is 2.73. The number of amides is 2. The molecule has 2 amide bonds. The SMILES string of the molecule is O=C(O)c1ccc(CNC(=O)N2CCOCC2)cc1. The molecule has 1 aromatic carbocycles. The number of urea groups is 1. The number of carbonyl (C=O) groups excluding carboxylic acids is 1. The molecule has 0 spiro atoms. The van der Waals surface area contributed by atoms with Gasteiger partial charge in [0.25, 0.3) is 0 Å². The van der Waals surface area contributed by atoms with Crippen molar-refractivity contribution in [2.45, 2.75) is 6.54 Å². The molecule has 0 aromatic heterocycles. The molecule has 0 saturated carbocycles. The van der Waals surface area contributed by atoms with E-state index in [1.165, 1.54) is 12.1 Å². The van der Waals surface area contributed by atoms with Gasteiger partial charge in [0.2, 0.25) is 0 Å². The van der Waals surface area contributed by atoms with E-state index >= 15 is 0 Å². The van der Waals surface area contributed by atoms with Gasteiger partial charge in [-0.15, -0.1) is 0 Å². The van der Waals surface area contributed by atoms with E-state index in [0.29, 0.717) is 32.8 Å². The summed E-state index contributed by atoms with van der Waals surface area (Å²) in [5.74, 6) is -0.955. The smallest absolute Gasteiger partial charge is 0.335 e. The predicted molar refractivity (Wildman–Crippen MR) is 68.0 cm³/mol. The number of aromatic carboxylic acids is 1. The normalized spacial score (nSPS) is 15.1. The summed E-state index contributed by atoms with van der Waals surface area (Å²) in [6.07, 6.45) is 0. The molecular weight excluding hydrogens is 248 g/mol. The van der Waals surface area contributed by atoms with Gasteiger partial charge in [-0.2, -0.15) is 0 Å². The molecule has 6 heteroatoms. The molecule has 6 nitrogen and oxygen atoms in total. The van der Waals surface area contributed by atoms with Gasteiger partial charge in [0.05, 0.1) is 18.8 Å². The third kappa shape index (κ3) is 3.69. The molecule has 0 bridgehead atoms. The first-order valence-corrected chi connectivity index (χ1v) is 6.09. The van der Waals surface area contributed by atoms with E-state index in [-0.39, 0.29) is 11.6 Å². The number of carboxylic acid groups (broad SMARTS) is 1.